The van der Waals surface area contributed by atoms with Crippen molar-refractivity contribution in [1.82, 2.24) is 0 Å². The van der Waals surface area contributed by atoms with Crippen molar-refractivity contribution in [3.05, 3.63) is 28.8 Å². The van der Waals surface area contributed by atoms with Crippen LogP contribution in [0.25, 0.3) is 0 Å². The molecule has 0 spiro atoms. The first kappa shape index (κ1) is 13.8. The summed E-state index contributed by atoms with van der Waals surface area (Å²) in [5, 5.41) is 12.8. The smallest absolute Gasteiger partial charge is 0.101 e. The zero-order valence-corrected chi connectivity index (χ0v) is 11.1. The predicted octanol–water partition coefficient (Wildman–Crippen LogP) is 3.44. The molecule has 1 rings (SSSR count). The highest BCUT2D eigenvalue weighted by Gasteiger charge is 2.15. The molecule has 0 aliphatic rings. The molecule has 0 fully saturated rings. The van der Waals surface area contributed by atoms with Crippen molar-refractivity contribution in [3.8, 4) is 6.07 Å². The summed E-state index contributed by atoms with van der Waals surface area (Å²) in [6.07, 6.45) is 0.848. The molecule has 1 aromatic rings. The number of methoxy groups -OCH3 is 1. The number of anilines is 1. The molecule has 17 heavy (non-hydrogen) atoms. The Kier molecular flexibility index (Phi) is 4.80. The van der Waals surface area contributed by atoms with Crippen molar-refractivity contribution in [1.29, 1.82) is 5.26 Å². The van der Waals surface area contributed by atoms with Crippen LogP contribution in [0.1, 0.15) is 25.8 Å². The summed E-state index contributed by atoms with van der Waals surface area (Å²) < 4.78 is 5.32. The van der Waals surface area contributed by atoms with Gasteiger partial charge in [-0.25, -0.2) is 0 Å². The SMILES string of the molecule is COC(C)(C)CCNc1cc(Cl)ccc1C#N. The van der Waals surface area contributed by atoms with Crippen molar-refractivity contribution >= 4 is 17.3 Å². The molecule has 92 valence electrons. The maximum absolute atomic E-state index is 8.96. The second-order valence-electron chi connectivity index (χ2n) is 4.44. The van der Waals surface area contributed by atoms with Crippen molar-refractivity contribution in [3.63, 3.8) is 0 Å². The highest BCUT2D eigenvalue weighted by Crippen LogP contribution is 2.21. The Bertz CT molecular complexity index is 424. The highest BCUT2D eigenvalue weighted by molar-refractivity contribution is 6.30. The first-order valence-corrected chi connectivity index (χ1v) is 5.85. The van der Waals surface area contributed by atoms with Crippen LogP contribution in [0.5, 0.6) is 0 Å². The van der Waals surface area contributed by atoms with Crippen molar-refractivity contribution < 1.29 is 4.74 Å². The third kappa shape index (κ3) is 4.26. The molecule has 1 N–H and O–H groups in total. The Morgan fingerprint density at radius 3 is 2.76 bits per heavy atom. The minimum atomic E-state index is -0.168. The Balaban J connectivity index is 2.64. The average molecular weight is 253 g/mol. The molecular weight excluding hydrogens is 236 g/mol. The van der Waals surface area contributed by atoms with E-state index >= 15 is 0 Å². The fraction of sp³-hybridized carbons (Fsp3) is 0.462. The molecule has 0 atom stereocenters. The molecule has 0 saturated heterocycles. The third-order valence-corrected chi connectivity index (χ3v) is 2.93. The van der Waals surface area contributed by atoms with Crippen molar-refractivity contribution in [2.45, 2.75) is 25.9 Å². The lowest BCUT2D eigenvalue weighted by molar-refractivity contribution is 0.0185. The van der Waals surface area contributed by atoms with Crippen molar-refractivity contribution in [2.75, 3.05) is 19.0 Å². The minimum Gasteiger partial charge on any atom is -0.384 e. The zero-order valence-electron chi connectivity index (χ0n) is 10.4. The standard InChI is InChI=1S/C13H17ClN2O/c1-13(2,17-3)6-7-16-12-8-11(14)5-4-10(12)9-15/h4-5,8,16H,6-7H2,1-3H3. The number of nitriles is 1. The van der Waals surface area contributed by atoms with Crippen LogP contribution in [-0.2, 0) is 4.74 Å². The van der Waals surface area contributed by atoms with Crippen molar-refractivity contribution in [2.24, 2.45) is 0 Å². The topological polar surface area (TPSA) is 45.0 Å². The van der Waals surface area contributed by atoms with Crippen LogP contribution in [0.2, 0.25) is 5.02 Å². The van der Waals surface area contributed by atoms with E-state index in [9.17, 15) is 0 Å². The molecule has 0 radical (unpaired) electrons. The number of ether oxygens (including phenoxy) is 1. The van der Waals surface area contributed by atoms with E-state index in [4.69, 9.17) is 21.6 Å². The van der Waals surface area contributed by atoms with E-state index in [2.05, 4.69) is 11.4 Å². The lowest BCUT2D eigenvalue weighted by Crippen LogP contribution is -2.25. The summed E-state index contributed by atoms with van der Waals surface area (Å²) in [7, 11) is 1.69. The zero-order chi connectivity index (χ0) is 12.9. The summed E-state index contributed by atoms with van der Waals surface area (Å²) in [6, 6.07) is 7.32. The van der Waals surface area contributed by atoms with Crippen LogP contribution in [0.3, 0.4) is 0 Å². The van der Waals surface area contributed by atoms with Gasteiger partial charge >= 0.3 is 0 Å². The van der Waals surface area contributed by atoms with Gasteiger partial charge in [-0.1, -0.05) is 11.6 Å². The van der Waals surface area contributed by atoms with Crippen LogP contribution < -0.4 is 5.32 Å². The second-order valence-corrected chi connectivity index (χ2v) is 4.88. The third-order valence-electron chi connectivity index (χ3n) is 2.70. The van der Waals surface area contributed by atoms with Gasteiger partial charge in [-0.05, 0) is 38.5 Å². The number of halogens is 1. The Labute approximate surface area is 107 Å². The fourth-order valence-electron chi connectivity index (χ4n) is 1.36. The summed E-state index contributed by atoms with van der Waals surface area (Å²) in [6.45, 7) is 4.78. The summed E-state index contributed by atoms with van der Waals surface area (Å²) in [5.41, 5.74) is 1.20. The monoisotopic (exact) mass is 252 g/mol. The molecule has 3 nitrogen and oxygen atoms in total. The van der Waals surface area contributed by atoms with E-state index < -0.39 is 0 Å². The van der Waals surface area contributed by atoms with E-state index in [0.29, 0.717) is 10.6 Å². The first-order valence-electron chi connectivity index (χ1n) is 5.47. The van der Waals surface area contributed by atoms with Gasteiger partial charge in [0.1, 0.15) is 6.07 Å². The summed E-state index contributed by atoms with van der Waals surface area (Å²) in [5.74, 6) is 0. The van der Waals surface area contributed by atoms with E-state index in [-0.39, 0.29) is 5.60 Å². The largest absolute Gasteiger partial charge is 0.384 e. The maximum Gasteiger partial charge on any atom is 0.101 e. The van der Waals surface area contributed by atoms with Crippen LogP contribution in [0, 0.1) is 11.3 Å². The number of hydrogen-bond acceptors (Lipinski definition) is 3. The number of nitrogens with one attached hydrogen (secondary N) is 1. The van der Waals surface area contributed by atoms with Gasteiger partial charge in [0.05, 0.1) is 16.9 Å². The molecule has 0 aliphatic carbocycles. The molecule has 0 aromatic heterocycles. The molecule has 0 unspecified atom stereocenters. The van der Waals surface area contributed by atoms with Gasteiger partial charge in [-0.2, -0.15) is 5.26 Å². The number of rotatable bonds is 5. The molecule has 0 amide bonds. The Hall–Kier alpha value is -1.24. The normalized spacial score (nSPS) is 11.0. The van der Waals surface area contributed by atoms with Gasteiger partial charge in [0, 0.05) is 18.7 Å². The van der Waals surface area contributed by atoms with Gasteiger partial charge in [-0.15, -0.1) is 0 Å². The predicted molar refractivity (Wildman–Crippen MR) is 70.4 cm³/mol. The molecule has 0 aliphatic heterocycles. The maximum atomic E-state index is 8.96. The first-order chi connectivity index (χ1) is 7.98. The molecule has 0 saturated carbocycles. The number of benzene rings is 1. The molecule has 0 heterocycles. The molecular formula is C13H17ClN2O. The number of nitrogens with zero attached hydrogens (tertiary/aromatic N) is 1. The summed E-state index contributed by atoms with van der Waals surface area (Å²) in [4.78, 5) is 0. The Morgan fingerprint density at radius 1 is 1.47 bits per heavy atom. The Morgan fingerprint density at radius 2 is 2.18 bits per heavy atom. The average Bonchev–Trinajstić information content (AvgIpc) is 2.29. The molecule has 4 heteroatoms. The van der Waals surface area contributed by atoms with Gasteiger partial charge in [-0.3, -0.25) is 0 Å². The van der Waals surface area contributed by atoms with Crippen LogP contribution >= 0.6 is 11.6 Å². The summed E-state index contributed by atoms with van der Waals surface area (Å²) >= 11 is 5.90. The van der Waals surface area contributed by atoms with E-state index in [0.717, 1.165) is 18.7 Å². The fourth-order valence-corrected chi connectivity index (χ4v) is 1.53. The van der Waals surface area contributed by atoms with Gasteiger partial charge in [0.25, 0.3) is 0 Å². The van der Waals surface area contributed by atoms with Gasteiger partial charge in [0.15, 0.2) is 0 Å². The quantitative estimate of drug-likeness (QED) is 0.873. The van der Waals surface area contributed by atoms with E-state index in [1.165, 1.54) is 0 Å². The van der Waals surface area contributed by atoms with E-state index in [1.807, 2.05) is 13.8 Å². The van der Waals surface area contributed by atoms with Crippen LogP contribution in [0.15, 0.2) is 18.2 Å². The highest BCUT2D eigenvalue weighted by atomic mass is 35.5. The van der Waals surface area contributed by atoms with Gasteiger partial charge in [0.2, 0.25) is 0 Å². The van der Waals surface area contributed by atoms with E-state index in [1.54, 1.807) is 25.3 Å². The van der Waals surface area contributed by atoms with Gasteiger partial charge < -0.3 is 10.1 Å². The van der Waals surface area contributed by atoms with Crippen LogP contribution in [-0.4, -0.2) is 19.3 Å². The lowest BCUT2D eigenvalue weighted by atomic mass is 10.1. The minimum absolute atomic E-state index is 0.168. The lowest BCUT2D eigenvalue weighted by Gasteiger charge is -2.23. The van der Waals surface area contributed by atoms with Crippen LogP contribution in [0.4, 0.5) is 5.69 Å². The number of hydrogen-bond donors (Lipinski definition) is 1. The second kappa shape index (κ2) is 5.90. The molecule has 1 aromatic carbocycles. The molecule has 0 bridgehead atoms.